The number of alkyl halides is 3. The molecule has 1 unspecified atom stereocenters. The summed E-state index contributed by atoms with van der Waals surface area (Å²) in [6, 6.07) is 9.23. The van der Waals surface area contributed by atoms with Crippen molar-refractivity contribution in [3.8, 4) is 5.75 Å². The van der Waals surface area contributed by atoms with Gasteiger partial charge in [0.1, 0.15) is 5.75 Å². The van der Waals surface area contributed by atoms with Gasteiger partial charge in [0.15, 0.2) is 0 Å². The molecule has 0 aliphatic heterocycles. The Kier molecular flexibility index (Phi) is 5.13. The Labute approximate surface area is 129 Å². The number of halogens is 4. The molecule has 0 radical (unpaired) electrons. The Hall–Kier alpha value is -1.24. The molecule has 0 aliphatic carbocycles. The van der Waals surface area contributed by atoms with E-state index in [2.05, 4.69) is 10.1 Å². The minimum absolute atomic E-state index is 0.208. The molecule has 7 heteroatoms. The summed E-state index contributed by atoms with van der Waals surface area (Å²) in [7, 11) is 0. The number of benzene rings is 1. The standard InChI is InChI=1S/C14H13ClF3NOS/c1-2-19-13(11-7-8-12(15)21-11)9-5-3-4-6-10(9)20-14(16,17)18/h3-8,13,19H,2H2,1H3. The van der Waals surface area contributed by atoms with Crippen molar-refractivity contribution in [2.75, 3.05) is 6.54 Å². The lowest BCUT2D eigenvalue weighted by atomic mass is 10.0. The largest absolute Gasteiger partial charge is 0.573 e. The van der Waals surface area contributed by atoms with Gasteiger partial charge in [-0.05, 0) is 24.7 Å². The Morgan fingerprint density at radius 3 is 2.52 bits per heavy atom. The minimum Gasteiger partial charge on any atom is -0.405 e. The monoisotopic (exact) mass is 335 g/mol. The van der Waals surface area contributed by atoms with Crippen molar-refractivity contribution in [1.82, 2.24) is 5.32 Å². The first-order valence-electron chi connectivity index (χ1n) is 6.24. The molecule has 1 atom stereocenters. The molecule has 1 aromatic heterocycles. The van der Waals surface area contributed by atoms with E-state index in [0.29, 0.717) is 16.4 Å². The summed E-state index contributed by atoms with van der Waals surface area (Å²) in [5, 5.41) is 3.16. The Bertz CT molecular complexity index is 600. The Morgan fingerprint density at radius 2 is 1.95 bits per heavy atom. The maximum atomic E-state index is 12.5. The predicted molar refractivity (Wildman–Crippen MR) is 78.0 cm³/mol. The molecule has 2 nitrogen and oxygen atoms in total. The molecule has 2 aromatic rings. The lowest BCUT2D eigenvalue weighted by molar-refractivity contribution is -0.275. The van der Waals surface area contributed by atoms with Crippen molar-refractivity contribution in [2.45, 2.75) is 19.3 Å². The zero-order valence-corrected chi connectivity index (χ0v) is 12.6. The molecule has 114 valence electrons. The van der Waals surface area contributed by atoms with E-state index in [0.717, 1.165) is 4.88 Å². The maximum absolute atomic E-state index is 12.5. The fourth-order valence-electron chi connectivity index (χ4n) is 1.99. The first-order valence-corrected chi connectivity index (χ1v) is 7.43. The van der Waals surface area contributed by atoms with E-state index in [4.69, 9.17) is 11.6 Å². The van der Waals surface area contributed by atoms with E-state index in [-0.39, 0.29) is 5.75 Å². The van der Waals surface area contributed by atoms with Gasteiger partial charge < -0.3 is 10.1 Å². The second-order valence-corrected chi connectivity index (χ2v) is 5.96. The molecule has 0 saturated carbocycles. The average molecular weight is 336 g/mol. The molecule has 0 fully saturated rings. The highest BCUT2D eigenvalue weighted by atomic mass is 35.5. The molecular weight excluding hydrogens is 323 g/mol. The van der Waals surface area contributed by atoms with Crippen molar-refractivity contribution in [3.05, 3.63) is 51.2 Å². The highest BCUT2D eigenvalue weighted by Gasteiger charge is 2.33. The number of para-hydroxylation sites is 1. The number of hydrogen-bond acceptors (Lipinski definition) is 3. The average Bonchev–Trinajstić information content (AvgIpc) is 2.82. The normalized spacial score (nSPS) is 13.2. The van der Waals surface area contributed by atoms with E-state index < -0.39 is 12.4 Å². The van der Waals surface area contributed by atoms with Crippen LogP contribution in [-0.2, 0) is 0 Å². The maximum Gasteiger partial charge on any atom is 0.573 e. The summed E-state index contributed by atoms with van der Waals surface area (Å²) in [5.74, 6) is -0.208. The van der Waals surface area contributed by atoms with Gasteiger partial charge in [-0.3, -0.25) is 0 Å². The predicted octanol–water partition coefficient (Wildman–Crippen LogP) is 5.00. The van der Waals surface area contributed by atoms with Crippen LogP contribution in [0.2, 0.25) is 4.34 Å². The lowest BCUT2D eigenvalue weighted by Gasteiger charge is -2.21. The van der Waals surface area contributed by atoms with Gasteiger partial charge in [0, 0.05) is 10.4 Å². The molecule has 0 saturated heterocycles. The van der Waals surface area contributed by atoms with E-state index in [1.165, 1.54) is 23.5 Å². The zero-order valence-electron chi connectivity index (χ0n) is 11.1. The first kappa shape index (κ1) is 16.1. The van der Waals surface area contributed by atoms with Crippen molar-refractivity contribution in [2.24, 2.45) is 0 Å². The third-order valence-corrected chi connectivity index (χ3v) is 4.04. The van der Waals surface area contributed by atoms with Crippen LogP contribution in [0.15, 0.2) is 36.4 Å². The molecule has 1 N–H and O–H groups in total. The van der Waals surface area contributed by atoms with E-state index >= 15 is 0 Å². The molecule has 2 rings (SSSR count). The smallest absolute Gasteiger partial charge is 0.405 e. The van der Waals surface area contributed by atoms with Crippen LogP contribution in [0.1, 0.15) is 23.4 Å². The van der Waals surface area contributed by atoms with Crippen LogP contribution in [-0.4, -0.2) is 12.9 Å². The van der Waals surface area contributed by atoms with Gasteiger partial charge in [-0.25, -0.2) is 0 Å². The minimum atomic E-state index is -4.72. The Morgan fingerprint density at radius 1 is 1.24 bits per heavy atom. The first-order chi connectivity index (χ1) is 9.90. The van der Waals surface area contributed by atoms with Crippen LogP contribution in [0.5, 0.6) is 5.75 Å². The summed E-state index contributed by atoms with van der Waals surface area (Å²) in [4.78, 5) is 0.833. The van der Waals surface area contributed by atoms with Crippen LogP contribution >= 0.6 is 22.9 Å². The fraction of sp³-hybridized carbons (Fsp3) is 0.286. The summed E-state index contributed by atoms with van der Waals surface area (Å²) >= 11 is 7.24. The molecule has 0 bridgehead atoms. The third-order valence-electron chi connectivity index (χ3n) is 2.74. The molecule has 0 aliphatic rings. The van der Waals surface area contributed by atoms with Crippen LogP contribution in [0.4, 0.5) is 13.2 Å². The van der Waals surface area contributed by atoms with Crippen molar-refractivity contribution in [1.29, 1.82) is 0 Å². The molecule has 0 spiro atoms. The van der Waals surface area contributed by atoms with Crippen molar-refractivity contribution in [3.63, 3.8) is 0 Å². The van der Waals surface area contributed by atoms with Gasteiger partial charge >= 0.3 is 6.36 Å². The fourth-order valence-corrected chi connectivity index (χ4v) is 3.14. The second-order valence-electron chi connectivity index (χ2n) is 4.22. The summed E-state index contributed by atoms with van der Waals surface area (Å²) < 4.78 is 42.3. The van der Waals surface area contributed by atoms with Crippen molar-refractivity contribution < 1.29 is 17.9 Å². The number of thiophene rings is 1. The summed E-state index contributed by atoms with van der Waals surface area (Å²) in [6.45, 7) is 2.48. The molecule has 21 heavy (non-hydrogen) atoms. The molecule has 1 heterocycles. The summed E-state index contributed by atoms with van der Waals surface area (Å²) in [5.41, 5.74) is 0.426. The van der Waals surface area contributed by atoms with Crippen LogP contribution < -0.4 is 10.1 Å². The highest BCUT2D eigenvalue weighted by Crippen LogP contribution is 2.36. The summed E-state index contributed by atoms with van der Waals surface area (Å²) in [6.07, 6.45) is -4.72. The zero-order chi connectivity index (χ0) is 15.5. The van der Waals surface area contributed by atoms with E-state index in [1.807, 2.05) is 6.92 Å². The second kappa shape index (κ2) is 6.68. The van der Waals surface area contributed by atoms with E-state index in [9.17, 15) is 13.2 Å². The van der Waals surface area contributed by atoms with Gasteiger partial charge in [0.25, 0.3) is 0 Å². The number of ether oxygens (including phenoxy) is 1. The SMILES string of the molecule is CCNC(c1ccc(Cl)s1)c1ccccc1OC(F)(F)F. The molecule has 0 amide bonds. The van der Waals surface area contributed by atoms with Gasteiger partial charge in [-0.2, -0.15) is 0 Å². The van der Waals surface area contributed by atoms with Gasteiger partial charge in [-0.1, -0.05) is 36.7 Å². The van der Waals surface area contributed by atoms with Gasteiger partial charge in [0.05, 0.1) is 10.4 Å². The van der Waals surface area contributed by atoms with Crippen molar-refractivity contribution >= 4 is 22.9 Å². The van der Waals surface area contributed by atoms with Gasteiger partial charge in [0.2, 0.25) is 0 Å². The topological polar surface area (TPSA) is 21.3 Å². The third kappa shape index (κ3) is 4.36. The van der Waals surface area contributed by atoms with Gasteiger partial charge in [-0.15, -0.1) is 24.5 Å². The number of rotatable bonds is 5. The molecule has 1 aromatic carbocycles. The number of hydrogen-bond donors (Lipinski definition) is 1. The van der Waals surface area contributed by atoms with Crippen LogP contribution in [0, 0.1) is 0 Å². The molecular formula is C14H13ClF3NOS. The lowest BCUT2D eigenvalue weighted by Crippen LogP contribution is -2.24. The quantitative estimate of drug-likeness (QED) is 0.830. The van der Waals surface area contributed by atoms with Crippen LogP contribution in [0.3, 0.4) is 0 Å². The van der Waals surface area contributed by atoms with E-state index in [1.54, 1.807) is 24.3 Å². The Balaban J connectivity index is 2.41. The van der Waals surface area contributed by atoms with Crippen LogP contribution in [0.25, 0.3) is 0 Å². The number of nitrogens with one attached hydrogen (secondary N) is 1. The highest BCUT2D eigenvalue weighted by molar-refractivity contribution is 7.16.